The van der Waals surface area contributed by atoms with Gasteiger partial charge in [-0.15, -0.1) is 0 Å². The van der Waals surface area contributed by atoms with E-state index in [9.17, 15) is 9.59 Å². The second-order valence-electron chi connectivity index (χ2n) is 4.26. The van der Waals surface area contributed by atoms with Crippen molar-refractivity contribution in [3.05, 3.63) is 42.4 Å². The lowest BCUT2D eigenvalue weighted by molar-refractivity contribution is -0.118. The van der Waals surface area contributed by atoms with E-state index >= 15 is 0 Å². The Kier molecular flexibility index (Phi) is 3.18. The number of imide groups is 1. The highest BCUT2D eigenvalue weighted by molar-refractivity contribution is 6.01. The second kappa shape index (κ2) is 5.14. The van der Waals surface area contributed by atoms with E-state index in [1.165, 1.54) is 5.01 Å². The summed E-state index contributed by atoms with van der Waals surface area (Å²) < 4.78 is 5.57. The quantitative estimate of drug-likeness (QED) is 0.807. The van der Waals surface area contributed by atoms with Crippen LogP contribution in [0.1, 0.15) is 5.89 Å². The number of benzene rings is 1. The van der Waals surface area contributed by atoms with Gasteiger partial charge in [0.05, 0.1) is 12.7 Å². The van der Waals surface area contributed by atoms with E-state index in [1.807, 2.05) is 30.3 Å². The summed E-state index contributed by atoms with van der Waals surface area (Å²) in [5, 5.41) is 3.36. The fraction of sp³-hybridized carbons (Fsp3) is 0.154. The highest BCUT2D eigenvalue weighted by Gasteiger charge is 2.26. The normalized spacial score (nSPS) is 14.7. The molecule has 0 radical (unpaired) electrons. The number of amides is 3. The molecular formula is C13H12N4O3. The molecule has 0 saturated carbocycles. The minimum atomic E-state index is -0.468. The number of nitrogens with zero attached hydrogens (tertiary/aromatic N) is 2. The standard InChI is InChI=1S/C13H12N4O3/c18-11-8-17(13(19)16-11)15-7-12-14-6-10(20-12)9-4-2-1-3-5-9/h1-6,15H,7-8H2,(H,16,18,19). The number of oxazole rings is 1. The van der Waals surface area contributed by atoms with Gasteiger partial charge >= 0.3 is 6.03 Å². The van der Waals surface area contributed by atoms with Crippen LogP contribution in [-0.4, -0.2) is 28.5 Å². The van der Waals surface area contributed by atoms with Crippen molar-refractivity contribution in [1.82, 2.24) is 20.7 Å². The molecule has 1 aromatic heterocycles. The number of carbonyl (C=O) groups is 2. The highest BCUT2D eigenvalue weighted by atomic mass is 16.4. The third-order valence-corrected chi connectivity index (χ3v) is 2.83. The minimum Gasteiger partial charge on any atom is -0.439 e. The van der Waals surface area contributed by atoms with Gasteiger partial charge in [-0.3, -0.25) is 10.1 Å². The van der Waals surface area contributed by atoms with E-state index in [0.717, 1.165) is 5.56 Å². The van der Waals surface area contributed by atoms with Gasteiger partial charge in [-0.2, -0.15) is 0 Å². The number of rotatable bonds is 4. The molecule has 7 heteroatoms. The van der Waals surface area contributed by atoms with Crippen LogP contribution < -0.4 is 10.7 Å². The summed E-state index contributed by atoms with van der Waals surface area (Å²) in [5.41, 5.74) is 3.72. The molecule has 2 heterocycles. The Hall–Kier alpha value is -2.67. The van der Waals surface area contributed by atoms with Crippen molar-refractivity contribution in [3.8, 4) is 11.3 Å². The monoisotopic (exact) mass is 272 g/mol. The molecule has 2 N–H and O–H groups in total. The number of hydrogen-bond donors (Lipinski definition) is 2. The van der Waals surface area contributed by atoms with Crippen LogP contribution >= 0.6 is 0 Å². The zero-order valence-electron chi connectivity index (χ0n) is 10.5. The zero-order chi connectivity index (χ0) is 13.9. The molecule has 0 bridgehead atoms. The number of hydrogen-bond acceptors (Lipinski definition) is 5. The number of urea groups is 1. The molecule has 1 aliphatic rings. The topological polar surface area (TPSA) is 87.5 Å². The first-order valence-corrected chi connectivity index (χ1v) is 6.07. The van der Waals surface area contributed by atoms with Crippen molar-refractivity contribution in [3.63, 3.8) is 0 Å². The Labute approximate surface area is 114 Å². The van der Waals surface area contributed by atoms with E-state index in [2.05, 4.69) is 15.7 Å². The lowest BCUT2D eigenvalue weighted by atomic mass is 10.2. The summed E-state index contributed by atoms with van der Waals surface area (Å²) in [7, 11) is 0. The predicted molar refractivity (Wildman–Crippen MR) is 69.0 cm³/mol. The zero-order valence-corrected chi connectivity index (χ0v) is 10.5. The van der Waals surface area contributed by atoms with Gasteiger partial charge in [0.2, 0.25) is 11.8 Å². The number of hydrazine groups is 1. The maximum absolute atomic E-state index is 11.3. The SMILES string of the molecule is O=C1CN(NCc2ncc(-c3ccccc3)o2)C(=O)N1. The van der Waals surface area contributed by atoms with Crippen LogP contribution in [-0.2, 0) is 11.3 Å². The van der Waals surface area contributed by atoms with Crippen molar-refractivity contribution in [1.29, 1.82) is 0 Å². The van der Waals surface area contributed by atoms with Gasteiger partial charge in [0, 0.05) is 5.56 Å². The highest BCUT2D eigenvalue weighted by Crippen LogP contribution is 2.19. The Morgan fingerprint density at radius 3 is 2.80 bits per heavy atom. The molecule has 7 nitrogen and oxygen atoms in total. The maximum Gasteiger partial charge on any atom is 0.338 e. The van der Waals surface area contributed by atoms with Crippen LogP contribution in [0.2, 0.25) is 0 Å². The van der Waals surface area contributed by atoms with Gasteiger partial charge in [-0.25, -0.2) is 20.2 Å². The first-order chi connectivity index (χ1) is 9.72. The summed E-state index contributed by atoms with van der Waals surface area (Å²) in [4.78, 5) is 26.4. The third kappa shape index (κ3) is 2.52. The van der Waals surface area contributed by atoms with E-state index in [4.69, 9.17) is 4.42 Å². The first kappa shape index (κ1) is 12.4. The molecule has 1 aliphatic heterocycles. The van der Waals surface area contributed by atoms with Gasteiger partial charge in [0.1, 0.15) is 6.54 Å². The fourth-order valence-corrected chi connectivity index (χ4v) is 1.86. The first-order valence-electron chi connectivity index (χ1n) is 6.07. The number of nitrogens with one attached hydrogen (secondary N) is 2. The van der Waals surface area contributed by atoms with Crippen LogP contribution in [0.25, 0.3) is 11.3 Å². The summed E-state index contributed by atoms with van der Waals surface area (Å²) in [5.74, 6) is 0.764. The van der Waals surface area contributed by atoms with Gasteiger partial charge in [-0.1, -0.05) is 30.3 Å². The van der Waals surface area contributed by atoms with Crippen LogP contribution in [0.15, 0.2) is 40.9 Å². The minimum absolute atomic E-state index is 0.00884. The van der Waals surface area contributed by atoms with E-state index in [-0.39, 0.29) is 19.0 Å². The van der Waals surface area contributed by atoms with Crippen LogP contribution in [0, 0.1) is 0 Å². The van der Waals surface area contributed by atoms with Crippen molar-refractivity contribution in [2.45, 2.75) is 6.54 Å². The molecule has 2 aromatic rings. The van der Waals surface area contributed by atoms with Crippen LogP contribution in [0.5, 0.6) is 0 Å². The molecule has 20 heavy (non-hydrogen) atoms. The summed E-state index contributed by atoms with van der Waals surface area (Å²) in [6.45, 7) is 0.221. The van der Waals surface area contributed by atoms with E-state index in [1.54, 1.807) is 6.20 Å². The average molecular weight is 272 g/mol. The molecule has 1 fully saturated rings. The molecule has 102 valence electrons. The number of aromatic nitrogens is 1. The Morgan fingerprint density at radius 1 is 1.30 bits per heavy atom. The number of carbonyl (C=O) groups excluding carboxylic acids is 2. The largest absolute Gasteiger partial charge is 0.439 e. The van der Waals surface area contributed by atoms with Gasteiger partial charge in [0.25, 0.3) is 0 Å². The van der Waals surface area contributed by atoms with Gasteiger partial charge < -0.3 is 4.42 Å². The molecule has 0 aliphatic carbocycles. The van der Waals surface area contributed by atoms with Crippen molar-refractivity contribution >= 4 is 11.9 Å². The van der Waals surface area contributed by atoms with E-state index in [0.29, 0.717) is 11.7 Å². The Balaban J connectivity index is 1.63. The van der Waals surface area contributed by atoms with Crippen molar-refractivity contribution < 1.29 is 14.0 Å². The Morgan fingerprint density at radius 2 is 2.10 bits per heavy atom. The third-order valence-electron chi connectivity index (χ3n) is 2.83. The summed E-state index contributed by atoms with van der Waals surface area (Å²) >= 11 is 0. The molecule has 0 atom stereocenters. The molecule has 3 amide bonds. The molecule has 1 saturated heterocycles. The maximum atomic E-state index is 11.3. The molecule has 1 aromatic carbocycles. The second-order valence-corrected chi connectivity index (χ2v) is 4.26. The predicted octanol–water partition coefficient (Wildman–Crippen LogP) is 0.898. The molecular weight excluding hydrogens is 260 g/mol. The summed E-state index contributed by atoms with van der Waals surface area (Å²) in [6.07, 6.45) is 1.63. The van der Waals surface area contributed by atoms with E-state index < -0.39 is 6.03 Å². The van der Waals surface area contributed by atoms with Crippen LogP contribution in [0.4, 0.5) is 4.79 Å². The fourth-order valence-electron chi connectivity index (χ4n) is 1.86. The van der Waals surface area contributed by atoms with Crippen LogP contribution in [0.3, 0.4) is 0 Å². The lowest BCUT2D eigenvalue weighted by Crippen LogP contribution is -2.39. The van der Waals surface area contributed by atoms with Crippen molar-refractivity contribution in [2.24, 2.45) is 0 Å². The van der Waals surface area contributed by atoms with Gasteiger partial charge in [0.15, 0.2) is 5.76 Å². The lowest BCUT2D eigenvalue weighted by Gasteiger charge is -2.12. The molecule has 0 unspecified atom stereocenters. The van der Waals surface area contributed by atoms with Crippen molar-refractivity contribution in [2.75, 3.05) is 6.54 Å². The summed E-state index contributed by atoms with van der Waals surface area (Å²) in [6, 6.07) is 9.12. The average Bonchev–Trinajstić information content (AvgIpc) is 3.04. The van der Waals surface area contributed by atoms with Gasteiger partial charge in [-0.05, 0) is 0 Å². The Bertz CT molecular complexity index is 638. The molecule has 3 rings (SSSR count). The molecule has 0 spiro atoms. The smallest absolute Gasteiger partial charge is 0.338 e.